The van der Waals surface area contributed by atoms with Gasteiger partial charge in [-0.3, -0.25) is 13.9 Å². The van der Waals surface area contributed by atoms with Crippen LogP contribution in [0.4, 0.5) is 5.69 Å². The third-order valence-corrected chi connectivity index (χ3v) is 9.70. The Kier molecular flexibility index (Phi) is 11.3. The molecule has 0 radical (unpaired) electrons. The molecule has 43 heavy (non-hydrogen) atoms. The second-order valence-corrected chi connectivity index (χ2v) is 13.8. The minimum Gasteiger partial charge on any atom is -0.352 e. The fourth-order valence-corrected chi connectivity index (χ4v) is 6.85. The number of amides is 2. The summed E-state index contributed by atoms with van der Waals surface area (Å²) in [6.45, 7) is 4.18. The van der Waals surface area contributed by atoms with E-state index in [2.05, 4.69) is 5.32 Å². The molecule has 1 atom stereocenters. The van der Waals surface area contributed by atoms with Crippen molar-refractivity contribution in [2.24, 2.45) is 0 Å². The molecule has 0 heterocycles. The molecule has 1 aliphatic rings. The summed E-state index contributed by atoms with van der Waals surface area (Å²) >= 11 is 6.29. The summed E-state index contributed by atoms with van der Waals surface area (Å²) in [4.78, 5) is 29.6. The molecule has 1 N–H and O–H groups in total. The van der Waals surface area contributed by atoms with E-state index < -0.39 is 16.1 Å². The second kappa shape index (κ2) is 14.9. The quantitative estimate of drug-likeness (QED) is 0.246. The van der Waals surface area contributed by atoms with Gasteiger partial charge in [-0.25, -0.2) is 8.42 Å². The molecule has 3 aromatic carbocycles. The van der Waals surface area contributed by atoms with Crippen LogP contribution in [0.2, 0.25) is 5.02 Å². The Balaban J connectivity index is 1.59. The number of anilines is 1. The summed E-state index contributed by atoms with van der Waals surface area (Å²) < 4.78 is 26.9. The molecule has 0 unspecified atom stereocenters. The lowest BCUT2D eigenvalue weighted by molar-refractivity contribution is -0.141. The van der Waals surface area contributed by atoms with Crippen LogP contribution in [-0.2, 0) is 32.6 Å². The second-order valence-electron chi connectivity index (χ2n) is 11.5. The molecule has 0 bridgehead atoms. The number of benzene rings is 3. The highest BCUT2D eigenvalue weighted by Gasteiger charge is 2.32. The highest BCUT2D eigenvalue weighted by Crippen LogP contribution is 2.29. The summed E-state index contributed by atoms with van der Waals surface area (Å²) in [6.07, 6.45) is 5.97. The minimum atomic E-state index is -3.63. The number of nitrogens with zero attached hydrogens (tertiary/aromatic N) is 2. The summed E-state index contributed by atoms with van der Waals surface area (Å²) in [5.41, 5.74) is 4.16. The molecule has 230 valence electrons. The van der Waals surface area contributed by atoms with Gasteiger partial charge in [-0.05, 0) is 61.9 Å². The highest BCUT2D eigenvalue weighted by atomic mass is 35.5. The van der Waals surface area contributed by atoms with Crippen LogP contribution in [0.25, 0.3) is 0 Å². The Morgan fingerprint density at radius 3 is 2.26 bits per heavy atom. The Hall–Kier alpha value is -3.36. The van der Waals surface area contributed by atoms with Crippen molar-refractivity contribution in [3.63, 3.8) is 0 Å². The van der Waals surface area contributed by atoms with Crippen LogP contribution in [0.15, 0.2) is 72.8 Å². The first kappa shape index (κ1) is 32.6. The number of carbonyl (C=O) groups is 2. The third-order valence-electron chi connectivity index (χ3n) is 8.11. The van der Waals surface area contributed by atoms with Gasteiger partial charge in [0, 0.05) is 37.0 Å². The standard InChI is InChI=1S/C34H42ClN3O4S/c1-25-18-20-28(21-19-25)24-37(32(23-27-11-5-4-6-12-27)34(40)36-29-13-7-8-14-29)33(39)17-10-22-38(43(3,41)42)31-16-9-15-30(35)26(31)2/h4-6,9,11-12,15-16,18-21,29,32H,7-8,10,13-14,17,22-24H2,1-3H3,(H,36,40)/t32-/m0/s1. The van der Waals surface area contributed by atoms with Gasteiger partial charge in [0.05, 0.1) is 11.9 Å². The van der Waals surface area contributed by atoms with E-state index in [1.54, 1.807) is 30.0 Å². The van der Waals surface area contributed by atoms with Crippen molar-refractivity contribution in [2.45, 2.75) is 77.4 Å². The normalized spacial score (nSPS) is 14.3. The lowest BCUT2D eigenvalue weighted by atomic mass is 10.0. The molecule has 7 nitrogen and oxygen atoms in total. The number of halogens is 1. The first-order chi connectivity index (χ1) is 20.5. The van der Waals surface area contributed by atoms with Gasteiger partial charge in [-0.2, -0.15) is 0 Å². The van der Waals surface area contributed by atoms with E-state index in [0.717, 1.165) is 48.6 Å². The Morgan fingerprint density at radius 2 is 1.60 bits per heavy atom. The van der Waals surface area contributed by atoms with Crippen molar-refractivity contribution < 1.29 is 18.0 Å². The Bertz CT molecular complexity index is 1490. The van der Waals surface area contributed by atoms with Crippen LogP contribution in [0.1, 0.15) is 60.8 Å². The summed E-state index contributed by atoms with van der Waals surface area (Å²) in [7, 11) is -3.63. The van der Waals surface area contributed by atoms with Gasteiger partial charge in [0.1, 0.15) is 6.04 Å². The van der Waals surface area contributed by atoms with E-state index in [9.17, 15) is 18.0 Å². The number of hydrogen-bond donors (Lipinski definition) is 1. The average molecular weight is 624 g/mol. The predicted octanol–water partition coefficient (Wildman–Crippen LogP) is 6.20. The number of carbonyl (C=O) groups excluding carboxylic acids is 2. The fourth-order valence-electron chi connectivity index (χ4n) is 5.66. The smallest absolute Gasteiger partial charge is 0.243 e. The molecule has 0 aliphatic heterocycles. The van der Waals surface area contributed by atoms with Gasteiger partial charge in [-0.15, -0.1) is 0 Å². The SMILES string of the molecule is Cc1ccc(CN(C(=O)CCCN(c2cccc(Cl)c2C)S(C)(=O)=O)[C@@H](Cc2ccccc2)C(=O)NC2CCCC2)cc1. The van der Waals surface area contributed by atoms with E-state index in [-0.39, 0.29) is 43.8 Å². The number of aryl methyl sites for hydroxylation is 1. The number of rotatable bonds is 13. The van der Waals surface area contributed by atoms with Crippen LogP contribution < -0.4 is 9.62 Å². The van der Waals surface area contributed by atoms with Crippen LogP contribution in [0, 0.1) is 13.8 Å². The molecule has 3 aromatic rings. The van der Waals surface area contributed by atoms with Gasteiger partial charge in [-0.1, -0.05) is 90.7 Å². The van der Waals surface area contributed by atoms with Crippen LogP contribution >= 0.6 is 11.6 Å². The molecule has 1 aliphatic carbocycles. The van der Waals surface area contributed by atoms with Gasteiger partial charge in [0.25, 0.3) is 0 Å². The molecule has 0 aromatic heterocycles. The maximum absolute atomic E-state index is 14.0. The monoisotopic (exact) mass is 623 g/mol. The Labute approximate surface area is 261 Å². The molecule has 4 rings (SSSR count). The van der Waals surface area contributed by atoms with Crippen molar-refractivity contribution in [1.82, 2.24) is 10.2 Å². The van der Waals surface area contributed by atoms with Crippen molar-refractivity contribution in [2.75, 3.05) is 17.1 Å². The lowest BCUT2D eigenvalue weighted by Crippen LogP contribution is -2.52. The molecule has 0 spiro atoms. The molecular weight excluding hydrogens is 582 g/mol. The Morgan fingerprint density at radius 1 is 0.930 bits per heavy atom. The highest BCUT2D eigenvalue weighted by molar-refractivity contribution is 7.92. The fraction of sp³-hybridized carbons (Fsp3) is 0.412. The van der Waals surface area contributed by atoms with Crippen LogP contribution in [-0.4, -0.2) is 50.0 Å². The number of sulfonamides is 1. The molecule has 2 amide bonds. The molecule has 9 heteroatoms. The van der Waals surface area contributed by atoms with Gasteiger partial charge >= 0.3 is 0 Å². The molecule has 1 saturated carbocycles. The number of hydrogen-bond acceptors (Lipinski definition) is 4. The van der Waals surface area contributed by atoms with E-state index in [0.29, 0.717) is 22.7 Å². The van der Waals surface area contributed by atoms with Gasteiger partial charge in [0.15, 0.2) is 0 Å². The van der Waals surface area contributed by atoms with Gasteiger partial charge < -0.3 is 10.2 Å². The summed E-state index contributed by atoms with van der Waals surface area (Å²) in [5.74, 6) is -0.345. The van der Waals surface area contributed by atoms with E-state index >= 15 is 0 Å². The largest absolute Gasteiger partial charge is 0.352 e. The molecular formula is C34H42ClN3O4S. The van der Waals surface area contributed by atoms with Crippen molar-refractivity contribution in [3.05, 3.63) is 100 Å². The maximum Gasteiger partial charge on any atom is 0.243 e. The molecule has 0 saturated heterocycles. The van der Waals surface area contributed by atoms with E-state index in [1.807, 2.05) is 61.5 Å². The first-order valence-electron chi connectivity index (χ1n) is 14.9. The van der Waals surface area contributed by atoms with Crippen molar-refractivity contribution >= 4 is 39.1 Å². The zero-order valence-corrected chi connectivity index (χ0v) is 26.8. The third kappa shape index (κ3) is 9.07. The van der Waals surface area contributed by atoms with Crippen molar-refractivity contribution in [3.8, 4) is 0 Å². The summed E-state index contributed by atoms with van der Waals surface area (Å²) in [6, 6.07) is 22.3. The topological polar surface area (TPSA) is 86.8 Å². The van der Waals surface area contributed by atoms with Gasteiger partial charge in [0.2, 0.25) is 21.8 Å². The zero-order chi connectivity index (χ0) is 31.0. The van der Waals surface area contributed by atoms with Crippen LogP contribution in [0.5, 0.6) is 0 Å². The van der Waals surface area contributed by atoms with Crippen LogP contribution in [0.3, 0.4) is 0 Å². The predicted molar refractivity (Wildman–Crippen MR) is 174 cm³/mol. The maximum atomic E-state index is 14.0. The minimum absolute atomic E-state index is 0.0828. The summed E-state index contributed by atoms with van der Waals surface area (Å²) in [5, 5.41) is 3.70. The molecule has 1 fully saturated rings. The number of nitrogens with one attached hydrogen (secondary N) is 1. The van der Waals surface area contributed by atoms with Crippen molar-refractivity contribution in [1.29, 1.82) is 0 Å². The van der Waals surface area contributed by atoms with E-state index in [1.165, 1.54) is 4.31 Å². The van der Waals surface area contributed by atoms with E-state index in [4.69, 9.17) is 11.6 Å². The lowest BCUT2D eigenvalue weighted by Gasteiger charge is -2.33. The first-order valence-corrected chi connectivity index (χ1v) is 17.2. The average Bonchev–Trinajstić information content (AvgIpc) is 3.48. The zero-order valence-electron chi connectivity index (χ0n) is 25.3.